The quantitative estimate of drug-likeness (QED) is 0.720. The number of rotatable bonds is 3. The van der Waals surface area contributed by atoms with E-state index in [1.165, 1.54) is 0 Å². The van der Waals surface area contributed by atoms with Crippen LogP contribution < -0.4 is 5.73 Å². The summed E-state index contributed by atoms with van der Waals surface area (Å²) in [5.41, 5.74) is 6.23. The molecule has 12 heavy (non-hydrogen) atoms. The zero-order valence-corrected chi connectivity index (χ0v) is 8.14. The molecule has 0 bridgehead atoms. The number of thioether (sulfide) groups is 1. The topological polar surface area (TPSA) is 51.8 Å². The van der Waals surface area contributed by atoms with Crippen molar-refractivity contribution in [1.82, 2.24) is 9.97 Å². The van der Waals surface area contributed by atoms with Gasteiger partial charge in [-0.15, -0.1) is 11.8 Å². The second-order valence-electron chi connectivity index (χ2n) is 2.72. The largest absolute Gasteiger partial charge is 0.325 e. The van der Waals surface area contributed by atoms with E-state index >= 15 is 0 Å². The van der Waals surface area contributed by atoms with E-state index in [0.717, 1.165) is 10.7 Å². The lowest BCUT2D eigenvalue weighted by Crippen LogP contribution is -2.00. The summed E-state index contributed by atoms with van der Waals surface area (Å²) in [7, 11) is 0. The minimum atomic E-state index is 0.458. The molecule has 1 aromatic heterocycles. The Balaban J connectivity index is 2.65. The first-order valence-corrected chi connectivity index (χ1v) is 4.78. The summed E-state index contributed by atoms with van der Waals surface area (Å²) in [6.45, 7) is 4.71. The van der Waals surface area contributed by atoms with E-state index in [0.29, 0.717) is 11.8 Å². The summed E-state index contributed by atoms with van der Waals surface area (Å²) in [5.74, 6) is 0. The van der Waals surface area contributed by atoms with Crippen molar-refractivity contribution in [3.63, 3.8) is 0 Å². The average Bonchev–Trinajstić information content (AvgIpc) is 2.05. The van der Waals surface area contributed by atoms with Crippen LogP contribution in [-0.2, 0) is 6.54 Å². The van der Waals surface area contributed by atoms with Gasteiger partial charge in [0.1, 0.15) is 5.03 Å². The molecule has 0 atom stereocenters. The van der Waals surface area contributed by atoms with E-state index in [-0.39, 0.29) is 0 Å². The Bertz CT molecular complexity index is 233. The highest BCUT2D eigenvalue weighted by Crippen LogP contribution is 2.18. The molecule has 1 heterocycles. The normalized spacial score (nSPS) is 10.7. The zero-order valence-electron chi connectivity index (χ0n) is 7.32. The first-order valence-electron chi connectivity index (χ1n) is 3.90. The summed E-state index contributed by atoms with van der Waals surface area (Å²) in [6.07, 6.45) is 3.50. The summed E-state index contributed by atoms with van der Waals surface area (Å²) in [6, 6.07) is 0. The third kappa shape index (κ3) is 2.79. The molecule has 0 saturated carbocycles. The standard InChI is InChI=1S/C8H13N3S/c1-6(2)12-8-5-10-7(3-9)4-11-8/h4-6H,3,9H2,1-2H3. The Morgan fingerprint density at radius 3 is 2.58 bits per heavy atom. The number of hydrogen-bond acceptors (Lipinski definition) is 4. The maximum absolute atomic E-state index is 5.39. The van der Waals surface area contributed by atoms with Crippen molar-refractivity contribution in [2.24, 2.45) is 5.73 Å². The molecule has 0 fully saturated rings. The SMILES string of the molecule is CC(C)Sc1cnc(CN)cn1. The summed E-state index contributed by atoms with van der Waals surface area (Å²) in [5, 5.41) is 1.50. The van der Waals surface area contributed by atoms with Crippen LogP contribution in [0.25, 0.3) is 0 Å². The second-order valence-corrected chi connectivity index (χ2v) is 4.31. The van der Waals surface area contributed by atoms with Crippen LogP contribution in [0.5, 0.6) is 0 Å². The van der Waals surface area contributed by atoms with E-state index in [4.69, 9.17) is 5.73 Å². The van der Waals surface area contributed by atoms with Crippen LogP contribution in [0.1, 0.15) is 19.5 Å². The molecule has 0 aliphatic carbocycles. The Kier molecular flexibility index (Phi) is 3.49. The van der Waals surface area contributed by atoms with E-state index in [9.17, 15) is 0 Å². The molecule has 1 aromatic rings. The van der Waals surface area contributed by atoms with Crippen molar-refractivity contribution in [3.8, 4) is 0 Å². The van der Waals surface area contributed by atoms with Crippen LogP contribution >= 0.6 is 11.8 Å². The molecule has 0 spiro atoms. The molecule has 4 heteroatoms. The number of nitrogens with zero attached hydrogens (tertiary/aromatic N) is 2. The van der Waals surface area contributed by atoms with Crippen LogP contribution in [0, 0.1) is 0 Å². The van der Waals surface area contributed by atoms with Gasteiger partial charge in [0, 0.05) is 11.8 Å². The van der Waals surface area contributed by atoms with Crippen LogP contribution in [0.15, 0.2) is 17.4 Å². The molecule has 0 amide bonds. The van der Waals surface area contributed by atoms with Gasteiger partial charge in [-0.25, -0.2) is 4.98 Å². The van der Waals surface area contributed by atoms with E-state index < -0.39 is 0 Å². The van der Waals surface area contributed by atoms with Crippen molar-refractivity contribution < 1.29 is 0 Å². The lowest BCUT2D eigenvalue weighted by atomic mass is 10.5. The van der Waals surface area contributed by atoms with Crippen molar-refractivity contribution in [3.05, 3.63) is 18.1 Å². The number of aromatic nitrogens is 2. The lowest BCUT2D eigenvalue weighted by molar-refractivity contribution is 0.920. The third-order valence-corrected chi connectivity index (χ3v) is 2.17. The first-order chi connectivity index (χ1) is 5.72. The van der Waals surface area contributed by atoms with Crippen LogP contribution in [-0.4, -0.2) is 15.2 Å². The molecule has 3 nitrogen and oxygen atoms in total. The molecule has 0 aromatic carbocycles. The molecule has 1 rings (SSSR count). The van der Waals surface area contributed by atoms with Crippen LogP contribution in [0.2, 0.25) is 0 Å². The second kappa shape index (κ2) is 4.42. The van der Waals surface area contributed by atoms with Gasteiger partial charge in [-0.05, 0) is 0 Å². The van der Waals surface area contributed by atoms with Crippen LogP contribution in [0.4, 0.5) is 0 Å². The third-order valence-electron chi connectivity index (χ3n) is 1.25. The molecule has 0 aliphatic rings. The van der Waals surface area contributed by atoms with Gasteiger partial charge in [-0.1, -0.05) is 13.8 Å². The highest BCUT2D eigenvalue weighted by molar-refractivity contribution is 7.99. The van der Waals surface area contributed by atoms with Gasteiger partial charge in [0.25, 0.3) is 0 Å². The molecular weight excluding hydrogens is 170 g/mol. The molecule has 66 valence electrons. The van der Waals surface area contributed by atoms with Gasteiger partial charge in [0.05, 0.1) is 18.1 Å². The molecule has 0 saturated heterocycles. The average molecular weight is 183 g/mol. The van der Waals surface area contributed by atoms with Gasteiger partial charge < -0.3 is 5.73 Å². The molecule has 0 unspecified atom stereocenters. The summed E-state index contributed by atoms with van der Waals surface area (Å²) < 4.78 is 0. The summed E-state index contributed by atoms with van der Waals surface area (Å²) in [4.78, 5) is 8.35. The number of hydrogen-bond donors (Lipinski definition) is 1. The van der Waals surface area contributed by atoms with E-state index in [2.05, 4.69) is 23.8 Å². The van der Waals surface area contributed by atoms with Gasteiger partial charge >= 0.3 is 0 Å². The van der Waals surface area contributed by atoms with Crippen LogP contribution in [0.3, 0.4) is 0 Å². The predicted molar refractivity (Wildman–Crippen MR) is 50.9 cm³/mol. The highest BCUT2D eigenvalue weighted by Gasteiger charge is 1.99. The van der Waals surface area contributed by atoms with Gasteiger partial charge in [-0.3, -0.25) is 4.98 Å². The maximum Gasteiger partial charge on any atom is 0.115 e. The first kappa shape index (κ1) is 9.48. The maximum atomic E-state index is 5.39. The van der Waals surface area contributed by atoms with E-state index in [1.807, 2.05) is 0 Å². The Hall–Kier alpha value is -0.610. The molecule has 0 aliphatic heterocycles. The summed E-state index contributed by atoms with van der Waals surface area (Å²) >= 11 is 1.70. The monoisotopic (exact) mass is 183 g/mol. The van der Waals surface area contributed by atoms with Crippen molar-refractivity contribution >= 4 is 11.8 Å². The Morgan fingerprint density at radius 2 is 2.17 bits per heavy atom. The highest BCUT2D eigenvalue weighted by atomic mass is 32.2. The zero-order chi connectivity index (χ0) is 8.97. The lowest BCUT2D eigenvalue weighted by Gasteiger charge is -2.02. The fourth-order valence-electron chi connectivity index (χ4n) is 0.751. The smallest absolute Gasteiger partial charge is 0.115 e. The Labute approximate surface area is 76.8 Å². The van der Waals surface area contributed by atoms with Gasteiger partial charge in [0.2, 0.25) is 0 Å². The Morgan fingerprint density at radius 1 is 1.42 bits per heavy atom. The van der Waals surface area contributed by atoms with E-state index in [1.54, 1.807) is 24.2 Å². The fourth-order valence-corrected chi connectivity index (χ4v) is 1.46. The number of nitrogens with two attached hydrogens (primary N) is 1. The molecule has 2 N–H and O–H groups in total. The predicted octanol–water partition coefficient (Wildman–Crippen LogP) is 1.44. The fraction of sp³-hybridized carbons (Fsp3) is 0.500. The minimum Gasteiger partial charge on any atom is -0.325 e. The minimum absolute atomic E-state index is 0.458. The molecule has 0 radical (unpaired) electrons. The van der Waals surface area contributed by atoms with Gasteiger partial charge in [0.15, 0.2) is 0 Å². The van der Waals surface area contributed by atoms with Crippen molar-refractivity contribution in [2.75, 3.05) is 0 Å². The van der Waals surface area contributed by atoms with Gasteiger partial charge in [-0.2, -0.15) is 0 Å². The van der Waals surface area contributed by atoms with Crippen molar-refractivity contribution in [2.45, 2.75) is 30.7 Å². The van der Waals surface area contributed by atoms with Crippen molar-refractivity contribution in [1.29, 1.82) is 0 Å². The molecular formula is C8H13N3S.